The maximum absolute atomic E-state index is 13.2. The molecule has 0 radical (unpaired) electrons. The molecule has 7 heteroatoms. The van der Waals surface area contributed by atoms with Crippen molar-refractivity contribution in [3.8, 4) is 0 Å². The van der Waals surface area contributed by atoms with E-state index < -0.39 is 17.9 Å². The number of nitrogens with one attached hydrogen (secondary N) is 1. The summed E-state index contributed by atoms with van der Waals surface area (Å²) in [5.74, 6) is -1.40. The number of esters is 1. The molecule has 2 aliphatic heterocycles. The van der Waals surface area contributed by atoms with Gasteiger partial charge in [0.05, 0.1) is 12.6 Å². The molecule has 0 aliphatic carbocycles. The van der Waals surface area contributed by atoms with Gasteiger partial charge in [-0.05, 0) is 30.5 Å². The topological polar surface area (TPSA) is 74.2 Å². The van der Waals surface area contributed by atoms with Gasteiger partial charge in [0.25, 0.3) is 0 Å². The number of benzene rings is 3. The number of guanidine groups is 1. The van der Waals surface area contributed by atoms with Gasteiger partial charge in [0.1, 0.15) is 6.04 Å². The Kier molecular flexibility index (Phi) is 7.84. The molecule has 0 saturated carbocycles. The Balaban J connectivity index is 1.38. The van der Waals surface area contributed by atoms with Crippen LogP contribution in [0.5, 0.6) is 0 Å². The van der Waals surface area contributed by atoms with Gasteiger partial charge in [0.2, 0.25) is 11.9 Å². The smallest absolute Gasteiger partial charge is 0.321 e. The van der Waals surface area contributed by atoms with Crippen molar-refractivity contribution in [1.82, 2.24) is 15.1 Å². The van der Waals surface area contributed by atoms with Crippen molar-refractivity contribution in [3.05, 3.63) is 107 Å². The highest BCUT2D eigenvalue weighted by Gasteiger charge is 2.42. The predicted molar refractivity (Wildman–Crippen MR) is 147 cm³/mol. The lowest BCUT2D eigenvalue weighted by molar-refractivity contribution is -0.153. The monoisotopic (exact) mass is 510 g/mol. The van der Waals surface area contributed by atoms with Crippen LogP contribution >= 0.6 is 0 Å². The number of aliphatic imine (C=N–C) groups is 1. The zero-order valence-corrected chi connectivity index (χ0v) is 21.9. The first-order chi connectivity index (χ1) is 18.5. The van der Waals surface area contributed by atoms with Crippen LogP contribution in [0.2, 0.25) is 0 Å². The van der Waals surface area contributed by atoms with Crippen molar-refractivity contribution in [3.63, 3.8) is 0 Å². The van der Waals surface area contributed by atoms with Crippen molar-refractivity contribution in [2.45, 2.75) is 25.9 Å². The molecule has 0 aromatic heterocycles. The Bertz CT molecular complexity index is 1230. The number of hydrogen-bond acceptors (Lipinski definition) is 6. The summed E-state index contributed by atoms with van der Waals surface area (Å²) in [6.45, 7) is 6.99. The van der Waals surface area contributed by atoms with E-state index in [0.29, 0.717) is 19.0 Å². The molecular weight excluding hydrogens is 476 g/mol. The van der Waals surface area contributed by atoms with E-state index in [2.05, 4.69) is 63.6 Å². The summed E-state index contributed by atoms with van der Waals surface area (Å²) in [4.78, 5) is 35.5. The second-order valence-corrected chi connectivity index (χ2v) is 9.77. The number of ether oxygens (including phenoxy) is 1. The summed E-state index contributed by atoms with van der Waals surface area (Å²) in [5.41, 5.74) is 4.45. The summed E-state index contributed by atoms with van der Waals surface area (Å²) in [6, 6.07) is 28.5. The van der Waals surface area contributed by atoms with Gasteiger partial charge in [-0.15, -0.1) is 0 Å². The molecule has 2 aliphatic rings. The highest BCUT2D eigenvalue weighted by Crippen LogP contribution is 2.33. The Hall–Kier alpha value is -3.97. The van der Waals surface area contributed by atoms with Gasteiger partial charge in [0, 0.05) is 26.2 Å². The normalized spacial score (nSPS) is 20.1. The number of piperazine rings is 1. The third-order valence-corrected chi connectivity index (χ3v) is 7.26. The number of carbonyl (C=O) groups excluding carboxylic acids is 2. The van der Waals surface area contributed by atoms with Crippen LogP contribution in [0.25, 0.3) is 0 Å². The SMILES string of the molecule is CCOC(=O)[C@H]1C(=O)NC(N2CCN(C(c3ccccc3)c3ccccc3)CC2)=N[C@@H]1c1ccc(C)cc1. The van der Waals surface area contributed by atoms with E-state index in [-0.39, 0.29) is 18.6 Å². The number of rotatable bonds is 6. The highest BCUT2D eigenvalue weighted by atomic mass is 16.5. The summed E-state index contributed by atoms with van der Waals surface area (Å²) in [7, 11) is 0. The maximum atomic E-state index is 13.2. The summed E-state index contributed by atoms with van der Waals surface area (Å²) >= 11 is 0. The second-order valence-electron chi connectivity index (χ2n) is 9.77. The van der Waals surface area contributed by atoms with Crippen LogP contribution in [0.15, 0.2) is 89.9 Å². The first kappa shape index (κ1) is 25.7. The second kappa shape index (κ2) is 11.6. The van der Waals surface area contributed by atoms with E-state index in [1.165, 1.54) is 11.1 Å². The first-order valence-corrected chi connectivity index (χ1v) is 13.3. The lowest BCUT2D eigenvalue weighted by atomic mass is 9.91. The van der Waals surface area contributed by atoms with Crippen LogP contribution < -0.4 is 5.32 Å². The lowest BCUT2D eigenvalue weighted by Gasteiger charge is -2.42. The molecule has 0 unspecified atom stereocenters. The minimum atomic E-state index is -1.01. The van der Waals surface area contributed by atoms with Crippen molar-refractivity contribution >= 4 is 17.8 Å². The molecule has 1 saturated heterocycles. The largest absolute Gasteiger partial charge is 0.465 e. The fourth-order valence-electron chi connectivity index (χ4n) is 5.31. The van der Waals surface area contributed by atoms with Gasteiger partial charge in [-0.25, -0.2) is 4.99 Å². The summed E-state index contributed by atoms with van der Waals surface area (Å²) in [5, 5.41) is 2.91. The quantitative estimate of drug-likeness (QED) is 0.399. The van der Waals surface area contributed by atoms with E-state index in [1.54, 1.807) is 6.92 Å². The Labute approximate surface area is 224 Å². The van der Waals surface area contributed by atoms with Crippen molar-refractivity contribution in [1.29, 1.82) is 0 Å². The van der Waals surface area contributed by atoms with Crippen LogP contribution in [-0.4, -0.2) is 60.4 Å². The number of amides is 1. The number of carbonyl (C=O) groups is 2. The molecular formula is C31H34N4O3. The standard InChI is InChI=1S/C31H34N4O3/c1-3-38-30(37)26-27(23-16-14-22(2)15-17-23)32-31(33-29(26)36)35-20-18-34(19-21-35)28(24-10-6-4-7-11-24)25-12-8-5-9-13-25/h4-17,26-28H,3,18-21H2,1-2H3,(H,32,33,36)/t26-,27-/m1/s1. The third-order valence-electron chi connectivity index (χ3n) is 7.26. The van der Waals surface area contributed by atoms with Crippen LogP contribution in [0.4, 0.5) is 0 Å². The predicted octanol–water partition coefficient (Wildman–Crippen LogP) is 4.11. The molecule has 38 heavy (non-hydrogen) atoms. The molecule has 0 spiro atoms. The minimum absolute atomic E-state index is 0.149. The molecule has 3 aromatic carbocycles. The van der Waals surface area contributed by atoms with E-state index in [9.17, 15) is 9.59 Å². The van der Waals surface area contributed by atoms with Crippen LogP contribution in [-0.2, 0) is 14.3 Å². The van der Waals surface area contributed by atoms with Gasteiger partial charge in [-0.3, -0.25) is 19.8 Å². The van der Waals surface area contributed by atoms with Gasteiger partial charge in [-0.1, -0.05) is 90.5 Å². The number of hydrogen-bond donors (Lipinski definition) is 1. The van der Waals surface area contributed by atoms with Gasteiger partial charge in [0.15, 0.2) is 5.92 Å². The Morgan fingerprint density at radius 1 is 0.921 bits per heavy atom. The molecule has 1 amide bonds. The number of aryl methyl sites for hydroxylation is 1. The average Bonchev–Trinajstić information content (AvgIpc) is 2.95. The van der Waals surface area contributed by atoms with Crippen molar-refractivity contribution in [2.75, 3.05) is 32.8 Å². The Morgan fingerprint density at radius 2 is 1.50 bits per heavy atom. The van der Waals surface area contributed by atoms with Gasteiger partial charge in [-0.2, -0.15) is 0 Å². The maximum Gasteiger partial charge on any atom is 0.321 e. The van der Waals surface area contributed by atoms with Gasteiger partial charge < -0.3 is 9.64 Å². The third kappa shape index (κ3) is 5.48. The van der Waals surface area contributed by atoms with Crippen LogP contribution in [0.1, 0.15) is 41.3 Å². The van der Waals surface area contributed by atoms with E-state index in [4.69, 9.17) is 9.73 Å². The van der Waals surface area contributed by atoms with Crippen LogP contribution in [0.3, 0.4) is 0 Å². The summed E-state index contributed by atoms with van der Waals surface area (Å²) < 4.78 is 5.24. The van der Waals surface area contributed by atoms with E-state index in [0.717, 1.165) is 24.2 Å². The minimum Gasteiger partial charge on any atom is -0.465 e. The number of nitrogens with zero attached hydrogens (tertiary/aromatic N) is 3. The van der Waals surface area contributed by atoms with Crippen LogP contribution in [0, 0.1) is 12.8 Å². The molecule has 5 rings (SSSR count). The fourth-order valence-corrected chi connectivity index (χ4v) is 5.31. The fraction of sp³-hybridized carbons (Fsp3) is 0.323. The zero-order valence-electron chi connectivity index (χ0n) is 21.9. The Morgan fingerprint density at radius 3 is 2.05 bits per heavy atom. The zero-order chi connectivity index (χ0) is 26.5. The molecule has 2 heterocycles. The average molecular weight is 511 g/mol. The molecule has 1 fully saturated rings. The molecule has 1 N–H and O–H groups in total. The molecule has 0 bridgehead atoms. The highest BCUT2D eigenvalue weighted by molar-refractivity contribution is 6.08. The van der Waals surface area contributed by atoms with E-state index >= 15 is 0 Å². The van der Waals surface area contributed by atoms with E-state index in [1.807, 2.05) is 43.3 Å². The summed E-state index contributed by atoms with van der Waals surface area (Å²) in [6.07, 6.45) is 0. The van der Waals surface area contributed by atoms with Crippen molar-refractivity contribution < 1.29 is 14.3 Å². The molecule has 2 atom stereocenters. The molecule has 3 aromatic rings. The lowest BCUT2D eigenvalue weighted by Crippen LogP contribution is -2.57. The molecule has 196 valence electrons. The van der Waals surface area contributed by atoms with Crippen molar-refractivity contribution in [2.24, 2.45) is 10.9 Å². The molecule has 7 nitrogen and oxygen atoms in total. The van der Waals surface area contributed by atoms with Gasteiger partial charge >= 0.3 is 5.97 Å². The first-order valence-electron chi connectivity index (χ1n) is 13.3.